The Balaban J connectivity index is 0.000000313. The average Bonchev–Trinajstić information content (AvgIpc) is 3.21. The number of hydrogen-bond acceptors (Lipinski definition) is 3. The Kier molecular flexibility index (Phi) is 7.12. The van der Waals surface area contributed by atoms with E-state index in [1.165, 1.54) is 0 Å². The molecule has 0 radical (unpaired) electrons. The molecule has 0 spiro atoms. The third-order valence-corrected chi connectivity index (χ3v) is 2.68. The third kappa shape index (κ3) is 4.68. The molecule has 0 aliphatic carbocycles. The molecule has 108 valence electrons. The van der Waals surface area contributed by atoms with E-state index in [0.717, 1.165) is 5.56 Å². The van der Waals surface area contributed by atoms with E-state index in [1.54, 1.807) is 18.3 Å². The number of amides is 1. The summed E-state index contributed by atoms with van der Waals surface area (Å²) in [4.78, 5) is 15.6. The molecule has 0 aliphatic heterocycles. The molecule has 1 amide bonds. The van der Waals surface area contributed by atoms with Crippen molar-refractivity contribution in [3.8, 4) is 11.3 Å². The molecule has 0 fully saturated rings. The van der Waals surface area contributed by atoms with Crippen molar-refractivity contribution in [1.29, 1.82) is 0 Å². The summed E-state index contributed by atoms with van der Waals surface area (Å²) in [5.41, 5.74) is 4.14. The average molecular weight is 321 g/mol. The van der Waals surface area contributed by atoms with Crippen molar-refractivity contribution >= 4 is 5.91 Å². The number of hydrogen-bond donors (Lipinski definition) is 2. The van der Waals surface area contributed by atoms with Crippen molar-refractivity contribution in [2.45, 2.75) is 0 Å². The number of nitrogens with zero attached hydrogens (tertiary/aromatic N) is 1. The van der Waals surface area contributed by atoms with Gasteiger partial charge in [-0.25, -0.2) is 18.0 Å². The predicted molar refractivity (Wildman–Crippen MR) is 79.0 cm³/mol. The van der Waals surface area contributed by atoms with Crippen LogP contribution in [0.5, 0.6) is 0 Å². The fourth-order valence-corrected chi connectivity index (χ4v) is 1.75. The maximum absolute atomic E-state index is 11.5. The van der Waals surface area contributed by atoms with E-state index in [0.29, 0.717) is 11.3 Å². The first-order valence-corrected chi connectivity index (χ1v) is 6.17. The number of nitrogens with two attached hydrogens (primary N) is 1. The maximum atomic E-state index is 11.5. The zero-order valence-corrected chi connectivity index (χ0v) is 12.3. The van der Waals surface area contributed by atoms with Gasteiger partial charge in [0.2, 0.25) is 5.91 Å². The van der Waals surface area contributed by atoms with Crippen LogP contribution in [0.15, 0.2) is 72.9 Å². The van der Waals surface area contributed by atoms with E-state index in [1.807, 2.05) is 54.6 Å². The van der Waals surface area contributed by atoms with Crippen molar-refractivity contribution in [2.75, 3.05) is 0 Å². The van der Waals surface area contributed by atoms with E-state index < -0.39 is 0 Å². The van der Waals surface area contributed by atoms with Crippen molar-refractivity contribution in [3.05, 3.63) is 78.5 Å². The van der Waals surface area contributed by atoms with Gasteiger partial charge in [0, 0.05) is 11.9 Å². The molecule has 3 aromatic rings. The molecule has 0 unspecified atom stereocenters. The monoisotopic (exact) mass is 321 g/mol. The summed E-state index contributed by atoms with van der Waals surface area (Å²) in [6, 6.07) is 21.0. The minimum Gasteiger partial charge on any atom is -0.298 e. The molecule has 1 heterocycles. The zero-order valence-electron chi connectivity index (χ0n) is 11.2. The van der Waals surface area contributed by atoms with Crippen molar-refractivity contribution in [3.63, 3.8) is 0 Å². The molecule has 0 bridgehead atoms. The number of rotatable bonds is 2. The van der Waals surface area contributed by atoms with E-state index in [9.17, 15) is 4.79 Å². The van der Waals surface area contributed by atoms with Crippen LogP contribution in [-0.2, 0) is 17.1 Å². The summed E-state index contributed by atoms with van der Waals surface area (Å²) in [5.74, 6) is 4.77. The molecular weight excluding hydrogens is 306 g/mol. The number of hydrazine groups is 1. The van der Waals surface area contributed by atoms with Gasteiger partial charge in [-0.05, 0) is 5.56 Å². The van der Waals surface area contributed by atoms with Crippen LogP contribution in [0.2, 0.25) is 0 Å². The molecule has 21 heavy (non-hydrogen) atoms. The van der Waals surface area contributed by atoms with Gasteiger partial charge in [0.15, 0.2) is 0 Å². The van der Waals surface area contributed by atoms with Gasteiger partial charge in [-0.15, -0.1) is 12.1 Å². The van der Waals surface area contributed by atoms with E-state index in [4.69, 9.17) is 5.84 Å². The number of carbonyl (C=O) groups is 1. The fraction of sp³-hybridized carbons (Fsp3) is 0. The molecule has 0 atom stereocenters. The van der Waals surface area contributed by atoms with Crippen LogP contribution in [0.3, 0.4) is 0 Å². The minimum absolute atomic E-state index is 0. The summed E-state index contributed by atoms with van der Waals surface area (Å²) >= 11 is 0. The van der Waals surface area contributed by atoms with Crippen molar-refractivity contribution < 1.29 is 21.9 Å². The standard InChI is InChI=1S/C11H10N3O.C5H5.Fe/c12-14-11(15)9-6-3-7-13-10(9)8-4-1-2-5-8;1-2-4-5-3-1;/h1-7H,12H2,(H,14,15);1-5H;/q2*-1;+2. The summed E-state index contributed by atoms with van der Waals surface area (Å²) in [6.45, 7) is 0. The van der Waals surface area contributed by atoms with E-state index in [2.05, 4.69) is 10.4 Å². The molecule has 1 aromatic heterocycles. The SMILES string of the molecule is NNC(=O)c1cccnc1-[c-]1cccc1.[Fe+2].c1cc[cH-]c1. The smallest absolute Gasteiger partial charge is 0.298 e. The van der Waals surface area contributed by atoms with E-state index >= 15 is 0 Å². The van der Waals surface area contributed by atoms with Gasteiger partial charge in [0.1, 0.15) is 0 Å². The molecule has 2 aromatic carbocycles. The molecule has 0 saturated heterocycles. The number of nitrogen functional groups attached to an aromatic ring is 1. The number of carbonyl (C=O) groups excluding carboxylic acids is 1. The zero-order chi connectivity index (χ0) is 14.2. The van der Waals surface area contributed by atoms with Gasteiger partial charge in [0.05, 0.1) is 0 Å². The van der Waals surface area contributed by atoms with Crippen LogP contribution in [-0.4, -0.2) is 10.9 Å². The molecular formula is C16H15FeN3O. The topological polar surface area (TPSA) is 68.0 Å². The quantitative estimate of drug-likeness (QED) is 0.250. The Bertz CT molecular complexity index is 616. The largest absolute Gasteiger partial charge is 2.00 e. The third-order valence-electron chi connectivity index (χ3n) is 2.68. The number of pyridine rings is 1. The Labute approximate surface area is 134 Å². The first-order chi connectivity index (χ1) is 9.83. The van der Waals surface area contributed by atoms with Crippen molar-refractivity contribution in [2.24, 2.45) is 5.84 Å². The summed E-state index contributed by atoms with van der Waals surface area (Å²) < 4.78 is 0. The van der Waals surface area contributed by atoms with Gasteiger partial charge in [0.25, 0.3) is 0 Å². The first kappa shape index (κ1) is 16.9. The van der Waals surface area contributed by atoms with Crippen molar-refractivity contribution in [1.82, 2.24) is 10.4 Å². The van der Waals surface area contributed by atoms with Crippen LogP contribution < -0.4 is 11.3 Å². The Morgan fingerprint density at radius 1 is 1.14 bits per heavy atom. The maximum Gasteiger partial charge on any atom is 2.00 e. The Morgan fingerprint density at radius 3 is 2.33 bits per heavy atom. The normalized spacial score (nSPS) is 9.00. The van der Waals surface area contributed by atoms with Gasteiger partial charge >= 0.3 is 17.1 Å². The van der Waals surface area contributed by atoms with Crippen LogP contribution in [0.1, 0.15) is 10.4 Å². The van der Waals surface area contributed by atoms with E-state index in [-0.39, 0.29) is 23.0 Å². The van der Waals surface area contributed by atoms with Crippen LogP contribution >= 0.6 is 0 Å². The Hall–Kier alpha value is -2.20. The Morgan fingerprint density at radius 2 is 1.81 bits per heavy atom. The summed E-state index contributed by atoms with van der Waals surface area (Å²) in [6.07, 6.45) is 1.65. The number of nitrogens with one attached hydrogen (secondary N) is 1. The molecule has 5 heteroatoms. The molecule has 4 nitrogen and oxygen atoms in total. The van der Waals surface area contributed by atoms with Crippen LogP contribution in [0, 0.1) is 0 Å². The molecule has 3 N–H and O–H groups in total. The second-order valence-corrected chi connectivity index (χ2v) is 4.01. The van der Waals surface area contributed by atoms with Crippen LogP contribution in [0.4, 0.5) is 0 Å². The second-order valence-electron chi connectivity index (χ2n) is 4.01. The van der Waals surface area contributed by atoms with Gasteiger partial charge in [-0.2, -0.15) is 30.3 Å². The van der Waals surface area contributed by atoms with Crippen LogP contribution in [0.25, 0.3) is 11.3 Å². The van der Waals surface area contributed by atoms with Gasteiger partial charge in [-0.3, -0.25) is 15.2 Å². The molecule has 0 aliphatic rings. The second kappa shape index (κ2) is 8.87. The number of aromatic nitrogens is 1. The fourth-order valence-electron chi connectivity index (χ4n) is 1.75. The van der Waals surface area contributed by atoms with Gasteiger partial charge in [-0.1, -0.05) is 17.7 Å². The van der Waals surface area contributed by atoms with Gasteiger partial charge < -0.3 is 0 Å². The summed E-state index contributed by atoms with van der Waals surface area (Å²) in [7, 11) is 0. The molecule has 0 saturated carbocycles. The summed E-state index contributed by atoms with van der Waals surface area (Å²) in [5, 5.41) is 0. The first-order valence-electron chi connectivity index (χ1n) is 6.17. The minimum atomic E-state index is -0.334. The molecule has 3 rings (SSSR count). The predicted octanol–water partition coefficient (Wildman–Crippen LogP) is 2.47.